The van der Waals surface area contributed by atoms with Crippen LogP contribution in [-0.2, 0) is 11.2 Å². The molecule has 1 amide bonds. The number of rotatable bonds is 6. The zero-order chi connectivity index (χ0) is 22.3. The number of hydrogen-bond acceptors (Lipinski definition) is 3. The molecule has 31 heavy (non-hydrogen) atoms. The Balaban J connectivity index is 1.63. The largest absolute Gasteiger partial charge is 0.392 e. The van der Waals surface area contributed by atoms with E-state index in [2.05, 4.69) is 31.9 Å². The Labute approximate surface area is 183 Å². The van der Waals surface area contributed by atoms with Gasteiger partial charge in [0.25, 0.3) is 0 Å². The lowest BCUT2D eigenvalue weighted by atomic mass is 9.69. The van der Waals surface area contributed by atoms with Crippen molar-refractivity contribution in [1.82, 2.24) is 14.7 Å². The van der Waals surface area contributed by atoms with Crippen molar-refractivity contribution in [3.63, 3.8) is 0 Å². The van der Waals surface area contributed by atoms with Crippen molar-refractivity contribution < 1.29 is 14.3 Å². The maximum atomic E-state index is 13.6. The van der Waals surface area contributed by atoms with Gasteiger partial charge in [0.2, 0.25) is 5.91 Å². The third-order valence-corrected chi connectivity index (χ3v) is 6.71. The molecule has 0 aliphatic heterocycles. The maximum absolute atomic E-state index is 13.6. The van der Waals surface area contributed by atoms with Crippen molar-refractivity contribution in [2.45, 2.75) is 53.1 Å². The molecule has 6 heteroatoms. The monoisotopic (exact) mass is 425 g/mol. The van der Waals surface area contributed by atoms with E-state index in [0.717, 1.165) is 36.2 Å². The van der Waals surface area contributed by atoms with Gasteiger partial charge in [0.1, 0.15) is 5.82 Å². The van der Waals surface area contributed by atoms with Crippen LogP contribution < -0.4 is 0 Å². The quantitative estimate of drug-likeness (QED) is 0.753. The van der Waals surface area contributed by atoms with E-state index in [9.17, 15) is 14.3 Å². The van der Waals surface area contributed by atoms with Gasteiger partial charge >= 0.3 is 0 Å². The molecule has 0 bridgehead atoms. The number of amides is 1. The van der Waals surface area contributed by atoms with Crippen LogP contribution in [0.25, 0.3) is 11.8 Å². The van der Waals surface area contributed by atoms with Gasteiger partial charge in [-0.3, -0.25) is 4.79 Å². The first-order chi connectivity index (χ1) is 14.7. The number of carbonyl (C=O) groups excluding carboxylic acids is 1. The summed E-state index contributed by atoms with van der Waals surface area (Å²) in [5, 5.41) is 14.5. The molecule has 0 saturated heterocycles. The molecule has 0 spiro atoms. The maximum Gasteiger partial charge on any atom is 0.226 e. The first-order valence-corrected chi connectivity index (χ1v) is 11.2. The van der Waals surface area contributed by atoms with Gasteiger partial charge in [0.05, 0.1) is 23.7 Å². The first kappa shape index (κ1) is 21.8. The average molecular weight is 426 g/mol. The van der Waals surface area contributed by atoms with Gasteiger partial charge in [-0.15, -0.1) is 0 Å². The summed E-state index contributed by atoms with van der Waals surface area (Å²) in [5.41, 5.74) is 4.00. The highest BCUT2D eigenvalue weighted by Crippen LogP contribution is 2.53. The Morgan fingerprint density at radius 2 is 2.00 bits per heavy atom. The van der Waals surface area contributed by atoms with E-state index in [1.54, 1.807) is 19.1 Å². The fourth-order valence-corrected chi connectivity index (χ4v) is 5.26. The Morgan fingerprint density at radius 1 is 1.29 bits per heavy atom. The topological polar surface area (TPSA) is 58.4 Å². The summed E-state index contributed by atoms with van der Waals surface area (Å²) in [6, 6.07) is 6.35. The second-order valence-corrected chi connectivity index (χ2v) is 9.78. The highest BCUT2D eigenvalue weighted by molar-refractivity contribution is 5.82. The molecular weight excluding hydrogens is 393 g/mol. The number of aliphatic hydroxyl groups excluding tert-OH is 1. The zero-order valence-electron chi connectivity index (χ0n) is 18.8. The lowest BCUT2D eigenvalue weighted by molar-refractivity contribution is -0.140. The molecule has 1 fully saturated rings. The highest BCUT2D eigenvalue weighted by atomic mass is 19.1. The van der Waals surface area contributed by atoms with Crippen LogP contribution in [0.2, 0.25) is 0 Å². The van der Waals surface area contributed by atoms with Gasteiger partial charge in [0.15, 0.2) is 0 Å². The fraction of sp³-hybridized carbons (Fsp3) is 0.520. The van der Waals surface area contributed by atoms with Gasteiger partial charge in [0, 0.05) is 24.4 Å². The smallest absolute Gasteiger partial charge is 0.226 e. The lowest BCUT2D eigenvalue weighted by Gasteiger charge is -2.38. The molecule has 3 atom stereocenters. The van der Waals surface area contributed by atoms with E-state index in [1.165, 1.54) is 17.7 Å². The van der Waals surface area contributed by atoms with Gasteiger partial charge in [-0.1, -0.05) is 26.3 Å². The van der Waals surface area contributed by atoms with E-state index in [4.69, 9.17) is 0 Å². The van der Waals surface area contributed by atoms with Crippen LogP contribution in [0.3, 0.4) is 0 Å². The molecule has 1 N–H and O–H groups in total. The van der Waals surface area contributed by atoms with Crippen molar-refractivity contribution >= 4 is 12.0 Å². The van der Waals surface area contributed by atoms with Crippen molar-refractivity contribution in [1.29, 1.82) is 0 Å². The van der Waals surface area contributed by atoms with Gasteiger partial charge in [-0.05, 0) is 68.0 Å². The standard InChI is InChI=1S/C25H32FN3O2/c1-16(2)14-28(15-17(3)30)24(31)22-10-5-19-11-23-18(12-25(19,22)4)13-27-29(23)21-8-6-20(26)7-9-21/h6-9,11,13,16-17,22,30H,5,10,12,14-15H2,1-4H3/t17-,22-,25+/m1/s1. The van der Waals surface area contributed by atoms with Crippen LogP contribution in [0.4, 0.5) is 4.39 Å². The molecule has 1 aromatic heterocycles. The summed E-state index contributed by atoms with van der Waals surface area (Å²) in [6.07, 6.45) is 5.98. The van der Waals surface area contributed by atoms with E-state index >= 15 is 0 Å². The third kappa shape index (κ3) is 4.05. The van der Waals surface area contributed by atoms with Crippen LogP contribution in [0.1, 0.15) is 51.8 Å². The molecule has 4 rings (SSSR count). The van der Waals surface area contributed by atoms with Crippen molar-refractivity contribution in [2.75, 3.05) is 13.1 Å². The molecule has 0 radical (unpaired) electrons. The van der Waals surface area contributed by atoms with Gasteiger partial charge in [-0.25, -0.2) is 9.07 Å². The number of aliphatic hydroxyl groups is 1. The summed E-state index contributed by atoms with van der Waals surface area (Å²) >= 11 is 0. The molecular formula is C25H32FN3O2. The molecule has 2 aliphatic carbocycles. The van der Waals surface area contributed by atoms with Crippen LogP contribution in [0.5, 0.6) is 0 Å². The Hall–Kier alpha value is -2.47. The highest BCUT2D eigenvalue weighted by Gasteiger charge is 2.49. The zero-order valence-corrected chi connectivity index (χ0v) is 18.8. The minimum Gasteiger partial charge on any atom is -0.392 e. The number of carbonyl (C=O) groups is 1. The molecule has 1 saturated carbocycles. The summed E-state index contributed by atoms with van der Waals surface area (Å²) in [5.74, 6) is 0.128. The van der Waals surface area contributed by atoms with Crippen LogP contribution in [0.15, 0.2) is 36.0 Å². The predicted molar refractivity (Wildman–Crippen MR) is 119 cm³/mol. The number of allylic oxidation sites excluding steroid dienone is 1. The third-order valence-electron chi connectivity index (χ3n) is 6.71. The Morgan fingerprint density at radius 3 is 2.65 bits per heavy atom. The summed E-state index contributed by atoms with van der Waals surface area (Å²) in [6.45, 7) is 9.16. The number of aromatic nitrogens is 2. The SMILES string of the molecule is CC(C)CN(C[C@@H](C)O)C(=O)[C@H]1CCC2=Cc3c(cnn3-c3ccc(F)cc3)C[C@@]21C. The van der Waals surface area contributed by atoms with Crippen molar-refractivity contribution in [3.05, 3.63) is 53.1 Å². The lowest BCUT2D eigenvalue weighted by Crippen LogP contribution is -2.46. The number of halogens is 1. The number of nitrogens with zero attached hydrogens (tertiary/aromatic N) is 3. The second kappa shape index (κ2) is 8.23. The molecule has 166 valence electrons. The Bertz CT molecular complexity index is 983. The summed E-state index contributed by atoms with van der Waals surface area (Å²) in [7, 11) is 0. The van der Waals surface area contributed by atoms with Crippen LogP contribution in [-0.4, -0.2) is 44.9 Å². The number of fused-ring (bicyclic) bond motifs is 2. The van der Waals surface area contributed by atoms with Crippen LogP contribution in [0, 0.1) is 23.1 Å². The Kier molecular flexibility index (Phi) is 5.77. The molecule has 1 aromatic carbocycles. The second-order valence-electron chi connectivity index (χ2n) is 9.78. The molecule has 0 unspecified atom stereocenters. The van der Waals surface area contributed by atoms with E-state index in [1.807, 2.05) is 15.8 Å². The summed E-state index contributed by atoms with van der Waals surface area (Å²) < 4.78 is 15.2. The predicted octanol–water partition coefficient (Wildman–Crippen LogP) is 4.23. The van der Waals surface area contributed by atoms with E-state index < -0.39 is 6.10 Å². The van der Waals surface area contributed by atoms with Gasteiger partial charge < -0.3 is 10.0 Å². The first-order valence-electron chi connectivity index (χ1n) is 11.2. The molecule has 2 aromatic rings. The molecule has 1 heterocycles. The number of benzene rings is 1. The average Bonchev–Trinajstić information content (AvgIpc) is 3.24. The van der Waals surface area contributed by atoms with Crippen LogP contribution >= 0.6 is 0 Å². The van der Waals surface area contributed by atoms with E-state index in [-0.39, 0.29) is 23.1 Å². The van der Waals surface area contributed by atoms with Crippen molar-refractivity contribution in [3.8, 4) is 5.69 Å². The normalized spacial score (nSPS) is 23.3. The number of hydrogen-bond donors (Lipinski definition) is 1. The van der Waals surface area contributed by atoms with E-state index in [0.29, 0.717) is 19.0 Å². The van der Waals surface area contributed by atoms with Gasteiger partial charge in [-0.2, -0.15) is 5.10 Å². The minimum atomic E-state index is -0.543. The molecule has 2 aliphatic rings. The van der Waals surface area contributed by atoms with Crippen molar-refractivity contribution in [2.24, 2.45) is 17.3 Å². The minimum absolute atomic E-state index is 0.0985. The molecule has 5 nitrogen and oxygen atoms in total. The fourth-order valence-electron chi connectivity index (χ4n) is 5.26. The summed E-state index contributed by atoms with van der Waals surface area (Å²) in [4.78, 5) is 15.4.